The van der Waals surface area contributed by atoms with Crippen LogP contribution in [0.5, 0.6) is 0 Å². The van der Waals surface area contributed by atoms with E-state index >= 15 is 0 Å². The van der Waals surface area contributed by atoms with E-state index in [-0.39, 0.29) is 17.6 Å². The molecule has 17 heavy (non-hydrogen) atoms. The predicted octanol–water partition coefficient (Wildman–Crippen LogP) is 1.59. The van der Waals surface area contributed by atoms with Crippen molar-refractivity contribution in [3.63, 3.8) is 0 Å². The maximum absolute atomic E-state index is 11.9. The van der Waals surface area contributed by atoms with Crippen LogP contribution in [-0.2, 0) is 21.0 Å². The minimum absolute atomic E-state index is 0.0860. The van der Waals surface area contributed by atoms with E-state index in [0.29, 0.717) is 13.0 Å². The van der Waals surface area contributed by atoms with Gasteiger partial charge in [-0.1, -0.05) is 0 Å². The van der Waals surface area contributed by atoms with Gasteiger partial charge in [-0.3, -0.25) is 0 Å². The smallest absolute Gasteiger partial charge is 0.153 e. The second-order valence-electron chi connectivity index (χ2n) is 4.36. The molecule has 0 amide bonds. The van der Waals surface area contributed by atoms with Crippen molar-refractivity contribution in [3.05, 3.63) is 16.1 Å². The molecule has 2 rings (SSSR count). The lowest BCUT2D eigenvalue weighted by Crippen LogP contribution is -2.23. The second kappa shape index (κ2) is 5.46. The molecule has 1 aromatic rings. The highest BCUT2D eigenvalue weighted by molar-refractivity contribution is 7.91. The molecule has 0 bridgehead atoms. The largest absolute Gasteiger partial charge is 0.377 e. The lowest BCUT2D eigenvalue weighted by Gasteiger charge is -2.09. The molecular formula is C11H17NO3S2. The highest BCUT2D eigenvalue weighted by Gasteiger charge is 2.23. The number of hydrogen-bond acceptors (Lipinski definition) is 5. The summed E-state index contributed by atoms with van der Waals surface area (Å²) in [5.74, 6) is 0.339. The van der Waals surface area contributed by atoms with E-state index in [0.717, 1.165) is 23.5 Å². The molecule has 4 nitrogen and oxygen atoms in total. The second-order valence-corrected chi connectivity index (χ2v) is 7.65. The molecule has 0 saturated carbocycles. The van der Waals surface area contributed by atoms with Crippen molar-refractivity contribution in [1.82, 2.24) is 4.98 Å². The molecule has 1 aliphatic rings. The third kappa shape index (κ3) is 4.04. The van der Waals surface area contributed by atoms with Gasteiger partial charge in [0.25, 0.3) is 0 Å². The summed E-state index contributed by atoms with van der Waals surface area (Å²) in [4.78, 5) is 4.27. The molecule has 0 N–H and O–H groups in total. The SMILES string of the molecule is Cc1nc(CCS(=O)(=O)CC2CCCO2)cs1. The molecule has 1 unspecified atom stereocenters. The predicted molar refractivity (Wildman–Crippen MR) is 68.2 cm³/mol. The van der Waals surface area contributed by atoms with Gasteiger partial charge in [0, 0.05) is 18.4 Å². The fourth-order valence-corrected chi connectivity index (χ4v) is 4.09. The summed E-state index contributed by atoms with van der Waals surface area (Å²) in [5, 5.41) is 2.91. The molecule has 6 heteroatoms. The molecule has 1 saturated heterocycles. The first-order chi connectivity index (χ1) is 8.05. The number of rotatable bonds is 5. The summed E-state index contributed by atoms with van der Waals surface area (Å²) in [6.07, 6.45) is 2.28. The van der Waals surface area contributed by atoms with Crippen LogP contribution in [0.3, 0.4) is 0 Å². The van der Waals surface area contributed by atoms with Gasteiger partial charge >= 0.3 is 0 Å². The minimum Gasteiger partial charge on any atom is -0.377 e. The zero-order valence-corrected chi connectivity index (χ0v) is 11.5. The molecular weight excluding hydrogens is 258 g/mol. The molecule has 0 aromatic carbocycles. The molecule has 1 aromatic heterocycles. The Balaban J connectivity index is 1.84. The normalized spacial score (nSPS) is 20.9. The van der Waals surface area contributed by atoms with Crippen LogP contribution in [0.4, 0.5) is 0 Å². The van der Waals surface area contributed by atoms with Crippen molar-refractivity contribution in [2.75, 3.05) is 18.1 Å². The lowest BCUT2D eigenvalue weighted by atomic mass is 10.3. The number of thiazole rings is 1. The van der Waals surface area contributed by atoms with E-state index in [2.05, 4.69) is 4.98 Å². The van der Waals surface area contributed by atoms with Gasteiger partial charge < -0.3 is 4.74 Å². The van der Waals surface area contributed by atoms with Crippen molar-refractivity contribution in [1.29, 1.82) is 0 Å². The maximum atomic E-state index is 11.9. The van der Waals surface area contributed by atoms with E-state index in [9.17, 15) is 8.42 Å². The molecule has 0 radical (unpaired) electrons. The monoisotopic (exact) mass is 275 g/mol. The third-order valence-electron chi connectivity index (χ3n) is 2.80. The van der Waals surface area contributed by atoms with Crippen LogP contribution in [0, 0.1) is 6.92 Å². The first-order valence-electron chi connectivity index (χ1n) is 5.78. The van der Waals surface area contributed by atoms with Crippen LogP contribution < -0.4 is 0 Å². The molecule has 1 atom stereocenters. The van der Waals surface area contributed by atoms with Crippen LogP contribution in [-0.4, -0.2) is 37.6 Å². The van der Waals surface area contributed by atoms with Crippen LogP contribution >= 0.6 is 11.3 Å². The van der Waals surface area contributed by atoms with Crippen molar-refractivity contribution in [3.8, 4) is 0 Å². The Morgan fingerprint density at radius 2 is 2.41 bits per heavy atom. The van der Waals surface area contributed by atoms with Gasteiger partial charge in [-0.2, -0.15) is 0 Å². The van der Waals surface area contributed by atoms with E-state index in [1.807, 2.05) is 12.3 Å². The summed E-state index contributed by atoms with van der Waals surface area (Å²) in [7, 11) is -3.01. The van der Waals surface area contributed by atoms with Gasteiger partial charge in [-0.05, 0) is 19.8 Å². The van der Waals surface area contributed by atoms with Gasteiger partial charge in [0.1, 0.15) is 0 Å². The van der Waals surface area contributed by atoms with Crippen LogP contribution in [0.15, 0.2) is 5.38 Å². The van der Waals surface area contributed by atoms with E-state index < -0.39 is 9.84 Å². The van der Waals surface area contributed by atoms with Gasteiger partial charge in [0.05, 0.1) is 28.3 Å². The maximum Gasteiger partial charge on any atom is 0.153 e. The van der Waals surface area contributed by atoms with Gasteiger partial charge in [0.2, 0.25) is 0 Å². The number of hydrogen-bond donors (Lipinski definition) is 0. The fourth-order valence-electron chi connectivity index (χ4n) is 1.93. The zero-order chi connectivity index (χ0) is 12.3. The highest BCUT2D eigenvalue weighted by atomic mass is 32.2. The van der Waals surface area contributed by atoms with Gasteiger partial charge in [0.15, 0.2) is 9.84 Å². The first kappa shape index (κ1) is 13.0. The lowest BCUT2D eigenvalue weighted by molar-refractivity contribution is 0.127. The number of aromatic nitrogens is 1. The van der Waals surface area contributed by atoms with E-state index in [1.165, 1.54) is 0 Å². The number of nitrogens with zero attached hydrogens (tertiary/aromatic N) is 1. The third-order valence-corrected chi connectivity index (χ3v) is 5.33. The Labute approximate surface area is 106 Å². The van der Waals surface area contributed by atoms with Crippen LogP contribution in [0.25, 0.3) is 0 Å². The molecule has 1 fully saturated rings. The van der Waals surface area contributed by atoms with Gasteiger partial charge in [-0.25, -0.2) is 13.4 Å². The van der Waals surface area contributed by atoms with Crippen molar-refractivity contribution >= 4 is 21.2 Å². The molecule has 1 aliphatic heterocycles. The minimum atomic E-state index is -3.01. The Morgan fingerprint density at radius 3 is 3.00 bits per heavy atom. The number of ether oxygens (including phenoxy) is 1. The molecule has 0 spiro atoms. The van der Waals surface area contributed by atoms with Crippen LogP contribution in [0.1, 0.15) is 23.5 Å². The van der Waals surface area contributed by atoms with Crippen LogP contribution in [0.2, 0.25) is 0 Å². The quantitative estimate of drug-likeness (QED) is 0.819. The molecule has 96 valence electrons. The fraction of sp³-hybridized carbons (Fsp3) is 0.727. The standard InChI is InChI=1S/C11H17NO3S2/c1-9-12-10(7-16-9)4-6-17(13,14)8-11-3-2-5-15-11/h7,11H,2-6,8H2,1H3. The van der Waals surface area contributed by atoms with Gasteiger partial charge in [-0.15, -0.1) is 11.3 Å². The number of aryl methyl sites for hydroxylation is 2. The number of sulfone groups is 1. The Morgan fingerprint density at radius 1 is 1.59 bits per heavy atom. The Hall–Kier alpha value is -0.460. The average Bonchev–Trinajstić information content (AvgIpc) is 2.86. The van der Waals surface area contributed by atoms with E-state index in [1.54, 1.807) is 11.3 Å². The highest BCUT2D eigenvalue weighted by Crippen LogP contribution is 2.15. The Kier molecular flexibility index (Phi) is 4.17. The topological polar surface area (TPSA) is 56.3 Å². The zero-order valence-electron chi connectivity index (χ0n) is 9.89. The molecule has 2 heterocycles. The molecule has 0 aliphatic carbocycles. The summed E-state index contributed by atoms with van der Waals surface area (Å²) >= 11 is 1.56. The van der Waals surface area contributed by atoms with Crippen molar-refractivity contribution in [2.24, 2.45) is 0 Å². The summed E-state index contributed by atoms with van der Waals surface area (Å²) in [6.45, 7) is 2.63. The summed E-state index contributed by atoms with van der Waals surface area (Å²) in [6, 6.07) is 0. The first-order valence-corrected chi connectivity index (χ1v) is 8.48. The summed E-state index contributed by atoms with van der Waals surface area (Å²) in [5.41, 5.74) is 0.878. The Bertz CT molecular complexity index is 461. The summed E-state index contributed by atoms with van der Waals surface area (Å²) < 4.78 is 29.1. The average molecular weight is 275 g/mol. The van der Waals surface area contributed by atoms with Crippen molar-refractivity contribution in [2.45, 2.75) is 32.3 Å². The van der Waals surface area contributed by atoms with E-state index in [4.69, 9.17) is 4.74 Å². The van der Waals surface area contributed by atoms with Crippen molar-refractivity contribution < 1.29 is 13.2 Å².